The average molecular weight is 252 g/mol. The lowest BCUT2D eigenvalue weighted by molar-refractivity contribution is 1.34. The second kappa shape index (κ2) is 3.61. The van der Waals surface area contributed by atoms with Crippen molar-refractivity contribution in [3.63, 3.8) is 0 Å². The highest BCUT2D eigenvalue weighted by molar-refractivity contribution is 7.00. The number of H-pyrrole nitrogens is 1. The fraction of sp³-hybridized carbons (Fsp3) is 0. The Labute approximate surface area is 107 Å². The molecule has 2 heterocycles. The second-order valence-electron chi connectivity index (χ2n) is 4.03. The topological polar surface area (TPSA) is 54.5 Å². The molecule has 0 aliphatic heterocycles. The summed E-state index contributed by atoms with van der Waals surface area (Å²) in [4.78, 5) is 9.15. The van der Waals surface area contributed by atoms with Crippen molar-refractivity contribution in [1.29, 1.82) is 0 Å². The minimum Gasteiger partial charge on any atom is -0.293 e. The van der Waals surface area contributed by atoms with E-state index >= 15 is 0 Å². The lowest BCUT2D eigenvalue weighted by Crippen LogP contribution is -1.78. The van der Waals surface area contributed by atoms with Crippen LogP contribution in [0, 0.1) is 0 Å². The van der Waals surface area contributed by atoms with E-state index in [-0.39, 0.29) is 0 Å². The molecule has 4 aromatic rings. The maximum absolute atomic E-state index is 4.60. The number of rotatable bonds is 1. The zero-order valence-electron chi connectivity index (χ0n) is 9.29. The van der Waals surface area contributed by atoms with Crippen molar-refractivity contribution in [2.75, 3.05) is 0 Å². The molecule has 0 atom stereocenters. The van der Waals surface area contributed by atoms with Crippen LogP contribution in [-0.2, 0) is 0 Å². The van der Waals surface area contributed by atoms with Crippen molar-refractivity contribution in [2.24, 2.45) is 0 Å². The number of aromatic nitrogens is 4. The maximum Gasteiger partial charge on any atom is 0.160 e. The van der Waals surface area contributed by atoms with Gasteiger partial charge < -0.3 is 0 Å². The Morgan fingerprint density at radius 3 is 2.67 bits per heavy atom. The number of hydrogen-bond donors (Lipinski definition) is 1. The van der Waals surface area contributed by atoms with Gasteiger partial charge in [0.2, 0.25) is 0 Å². The minimum atomic E-state index is 0.756. The van der Waals surface area contributed by atoms with Crippen molar-refractivity contribution < 1.29 is 0 Å². The van der Waals surface area contributed by atoms with Gasteiger partial charge in [-0.15, -0.1) is 0 Å². The maximum atomic E-state index is 4.60. The third kappa shape index (κ3) is 1.34. The number of fused-ring (bicyclic) bond motifs is 3. The van der Waals surface area contributed by atoms with E-state index in [0.29, 0.717) is 0 Å². The summed E-state index contributed by atoms with van der Waals surface area (Å²) in [5.41, 5.74) is 4.68. The Hall–Kier alpha value is -2.27. The number of nitrogens with zero attached hydrogens (tertiary/aromatic N) is 3. The summed E-state index contributed by atoms with van der Waals surface area (Å²) < 4.78 is 7.46. The molecule has 0 aliphatic carbocycles. The lowest BCUT2D eigenvalue weighted by Gasteiger charge is -1.91. The molecule has 0 saturated heterocycles. The van der Waals surface area contributed by atoms with E-state index in [0.717, 1.165) is 33.5 Å². The van der Waals surface area contributed by atoms with Crippen LogP contribution < -0.4 is 0 Å². The summed E-state index contributed by atoms with van der Waals surface area (Å²) >= 11 is 1.33. The Morgan fingerprint density at radius 2 is 1.78 bits per heavy atom. The van der Waals surface area contributed by atoms with Crippen molar-refractivity contribution in [3.05, 3.63) is 42.5 Å². The molecule has 0 unspecified atom stereocenters. The molecule has 1 N–H and O–H groups in total. The molecule has 2 aromatic carbocycles. The summed E-state index contributed by atoms with van der Waals surface area (Å²) in [5, 5.41) is 0. The third-order valence-corrected chi connectivity index (χ3v) is 3.48. The second-order valence-corrected chi connectivity index (χ2v) is 4.60. The molecule has 0 bridgehead atoms. The van der Waals surface area contributed by atoms with Gasteiger partial charge in [0.15, 0.2) is 5.82 Å². The van der Waals surface area contributed by atoms with Crippen LogP contribution in [0.2, 0.25) is 0 Å². The number of benzene rings is 2. The molecular formula is C13H8N4S. The van der Waals surface area contributed by atoms with Gasteiger partial charge in [-0.05, 0) is 12.1 Å². The van der Waals surface area contributed by atoms with Crippen LogP contribution in [0.5, 0.6) is 0 Å². The standard InChI is InChI=1S/C13H8N4S/c1-2-4-8(5-3-1)13-14-9-6-7-10-12(11(9)15-13)17-18-16-10/h1-7,16H. The van der Waals surface area contributed by atoms with Crippen LogP contribution in [0.25, 0.3) is 33.5 Å². The molecule has 0 amide bonds. The van der Waals surface area contributed by atoms with Gasteiger partial charge in [-0.2, -0.15) is 4.37 Å². The first-order valence-corrected chi connectivity index (χ1v) is 6.35. The first kappa shape index (κ1) is 9.73. The first-order valence-electron chi connectivity index (χ1n) is 5.58. The van der Waals surface area contributed by atoms with Crippen LogP contribution >= 0.6 is 11.7 Å². The van der Waals surface area contributed by atoms with E-state index in [1.807, 2.05) is 42.5 Å². The number of hydrogen-bond acceptors (Lipinski definition) is 4. The van der Waals surface area contributed by atoms with Gasteiger partial charge >= 0.3 is 0 Å². The van der Waals surface area contributed by atoms with Crippen LogP contribution in [0.1, 0.15) is 0 Å². The monoisotopic (exact) mass is 252 g/mol. The zero-order valence-corrected chi connectivity index (χ0v) is 10.1. The van der Waals surface area contributed by atoms with E-state index in [1.54, 1.807) is 0 Å². The predicted molar refractivity (Wildman–Crippen MR) is 72.5 cm³/mol. The molecule has 4 nitrogen and oxygen atoms in total. The summed E-state index contributed by atoms with van der Waals surface area (Å²) in [7, 11) is 0. The number of imidazole rings is 1. The summed E-state index contributed by atoms with van der Waals surface area (Å²) in [5.74, 6) is 0.756. The van der Waals surface area contributed by atoms with E-state index in [4.69, 9.17) is 0 Å². The Balaban J connectivity index is 2.04. The van der Waals surface area contributed by atoms with E-state index in [9.17, 15) is 0 Å². The zero-order chi connectivity index (χ0) is 11.9. The largest absolute Gasteiger partial charge is 0.293 e. The quantitative estimate of drug-likeness (QED) is 0.566. The molecule has 86 valence electrons. The highest BCUT2D eigenvalue weighted by Gasteiger charge is 2.10. The SMILES string of the molecule is c1ccc(-c2nc3ccc4[nH]snc4c3n2)cc1. The highest BCUT2D eigenvalue weighted by atomic mass is 32.1. The molecular weight excluding hydrogens is 244 g/mol. The van der Waals surface area contributed by atoms with Crippen LogP contribution in [-0.4, -0.2) is 18.7 Å². The molecule has 2 aromatic heterocycles. The summed E-state index contributed by atoms with van der Waals surface area (Å²) in [6.07, 6.45) is 0. The van der Waals surface area contributed by atoms with Crippen molar-refractivity contribution >= 4 is 33.8 Å². The summed E-state index contributed by atoms with van der Waals surface area (Å²) in [6, 6.07) is 14.0. The van der Waals surface area contributed by atoms with Gasteiger partial charge in [-0.1, -0.05) is 30.3 Å². The lowest BCUT2D eigenvalue weighted by atomic mass is 10.2. The molecule has 0 aliphatic rings. The average Bonchev–Trinajstić information content (AvgIpc) is 3.05. The molecule has 0 saturated carbocycles. The number of aromatic amines is 1. The summed E-state index contributed by atoms with van der Waals surface area (Å²) in [6.45, 7) is 0. The molecule has 0 fully saturated rings. The molecule has 4 rings (SSSR count). The first-order chi connectivity index (χ1) is 8.92. The third-order valence-electron chi connectivity index (χ3n) is 2.90. The van der Waals surface area contributed by atoms with Crippen molar-refractivity contribution in [1.82, 2.24) is 18.7 Å². The highest BCUT2D eigenvalue weighted by Crippen LogP contribution is 2.25. The van der Waals surface area contributed by atoms with Crippen LogP contribution in [0.4, 0.5) is 0 Å². The molecule has 0 radical (unpaired) electrons. The minimum absolute atomic E-state index is 0.756. The Bertz CT molecular complexity index is 832. The predicted octanol–water partition coefficient (Wildman–Crippen LogP) is 3.23. The van der Waals surface area contributed by atoms with Gasteiger partial charge in [-0.25, -0.2) is 9.97 Å². The fourth-order valence-corrected chi connectivity index (χ4v) is 2.61. The normalized spacial score (nSPS) is 11.3. The molecule has 18 heavy (non-hydrogen) atoms. The number of nitrogens with one attached hydrogen (secondary N) is 1. The van der Waals surface area contributed by atoms with Gasteiger partial charge in [0.05, 0.1) is 11.0 Å². The van der Waals surface area contributed by atoms with Gasteiger partial charge in [-0.3, -0.25) is 4.37 Å². The Morgan fingerprint density at radius 1 is 0.889 bits per heavy atom. The molecule has 0 spiro atoms. The molecule has 5 heteroatoms. The van der Waals surface area contributed by atoms with Gasteiger partial charge in [0.25, 0.3) is 0 Å². The van der Waals surface area contributed by atoms with Crippen molar-refractivity contribution in [2.45, 2.75) is 0 Å². The van der Waals surface area contributed by atoms with Gasteiger partial charge in [0.1, 0.15) is 11.0 Å². The smallest absolute Gasteiger partial charge is 0.160 e. The van der Waals surface area contributed by atoms with Crippen molar-refractivity contribution in [3.8, 4) is 11.4 Å². The van der Waals surface area contributed by atoms with Gasteiger partial charge in [0, 0.05) is 17.3 Å². The van der Waals surface area contributed by atoms with E-state index in [2.05, 4.69) is 18.7 Å². The van der Waals surface area contributed by atoms with Crippen LogP contribution in [0.3, 0.4) is 0 Å². The Kier molecular flexibility index (Phi) is 1.95. The van der Waals surface area contributed by atoms with E-state index in [1.165, 1.54) is 11.7 Å². The van der Waals surface area contributed by atoms with Crippen LogP contribution in [0.15, 0.2) is 42.5 Å². The van der Waals surface area contributed by atoms with E-state index < -0.39 is 0 Å². The fourth-order valence-electron chi connectivity index (χ4n) is 2.02.